The van der Waals surface area contributed by atoms with E-state index in [2.05, 4.69) is 5.32 Å². The maximum atomic E-state index is 10.1. The van der Waals surface area contributed by atoms with Gasteiger partial charge in [0.2, 0.25) is 0 Å². The Hall–Kier alpha value is 0.0274. The predicted molar refractivity (Wildman–Crippen MR) is 28.4 cm³/mol. The molecule has 0 spiro atoms. The van der Waals surface area contributed by atoms with Crippen LogP contribution in [-0.2, 0) is 4.79 Å². The average molecular weight is 133 g/mol. The molecule has 3 nitrogen and oxygen atoms in total. The van der Waals surface area contributed by atoms with Crippen molar-refractivity contribution in [2.45, 2.75) is 24.9 Å². The Kier molecular flexibility index (Phi) is 2.09. The van der Waals surface area contributed by atoms with Crippen molar-refractivity contribution in [2.24, 2.45) is 5.92 Å². The summed E-state index contributed by atoms with van der Waals surface area (Å²) >= 11 is 0. The molecule has 2 atom stereocenters. The van der Waals surface area contributed by atoms with Crippen molar-refractivity contribution in [3.63, 3.8) is 0 Å². The Morgan fingerprint density at radius 2 is 2.10 bits per heavy atom. The van der Waals surface area contributed by atoms with Gasteiger partial charge >= 0.3 is 18.9 Å². The van der Waals surface area contributed by atoms with Crippen LogP contribution in [0.5, 0.6) is 0 Å². The summed E-state index contributed by atoms with van der Waals surface area (Å²) in [5, 5.41) is 13.0. The second-order valence-corrected chi connectivity index (χ2v) is 2.83. The molecule has 1 N–H and O–H groups in total. The molecule has 1 aliphatic carbocycles. The third kappa shape index (κ3) is 1.37. The molecule has 1 saturated carbocycles. The fourth-order valence-electron chi connectivity index (χ4n) is 1.23. The van der Waals surface area contributed by atoms with E-state index in [4.69, 9.17) is 0 Å². The summed E-state index contributed by atoms with van der Waals surface area (Å²) in [6, 6.07) is -0.0625. The number of carbonyl (C=O) groups is 1. The van der Waals surface area contributed by atoms with Crippen molar-refractivity contribution in [2.75, 3.05) is 0 Å². The molecule has 2 fully saturated rings. The molecule has 0 aromatic heterocycles. The van der Waals surface area contributed by atoms with Crippen LogP contribution >= 0.6 is 0 Å². The topological polar surface area (TPSA) is 62.1 Å². The molecule has 0 aromatic rings. The number of rotatable bonds is 2. The van der Waals surface area contributed by atoms with Crippen LogP contribution in [0.15, 0.2) is 0 Å². The van der Waals surface area contributed by atoms with Crippen LogP contribution in [0.4, 0.5) is 0 Å². The zero-order valence-corrected chi connectivity index (χ0v) is 5.96. The Balaban J connectivity index is 0.000000500. The van der Waals surface area contributed by atoms with Gasteiger partial charge in [0.25, 0.3) is 0 Å². The van der Waals surface area contributed by atoms with Crippen molar-refractivity contribution >= 4 is 5.97 Å². The van der Waals surface area contributed by atoms with E-state index in [0.717, 1.165) is 0 Å². The number of carbonyl (C=O) groups excluding carboxylic acids is 1. The summed E-state index contributed by atoms with van der Waals surface area (Å²) in [5.74, 6) is -0.292. The van der Waals surface area contributed by atoms with Crippen LogP contribution in [0.2, 0.25) is 0 Å². The van der Waals surface area contributed by atoms with Crippen LogP contribution in [0.1, 0.15) is 12.8 Å². The zero-order chi connectivity index (χ0) is 6.43. The normalized spacial score (nSPS) is 36.4. The molecule has 0 radical (unpaired) electrons. The van der Waals surface area contributed by atoms with E-state index < -0.39 is 5.97 Å². The molecule has 0 bridgehead atoms. The fraction of sp³-hybridized carbons (Fsp3) is 0.833. The van der Waals surface area contributed by atoms with E-state index >= 15 is 0 Å². The van der Waals surface area contributed by atoms with Gasteiger partial charge in [-0.25, -0.2) is 0 Å². The van der Waals surface area contributed by atoms with Gasteiger partial charge in [0.15, 0.2) is 0 Å². The molecule has 50 valence electrons. The van der Waals surface area contributed by atoms with Crippen LogP contribution in [0.3, 0.4) is 0 Å². The number of carboxylic acids is 1. The minimum Gasteiger partial charge on any atom is -0.548 e. The van der Waals surface area contributed by atoms with E-state index in [9.17, 15) is 9.90 Å². The first-order chi connectivity index (χ1) is 4.29. The van der Waals surface area contributed by atoms with Gasteiger partial charge in [-0.3, -0.25) is 0 Å². The maximum Gasteiger partial charge on any atom is 1.00 e. The first-order valence-electron chi connectivity index (χ1n) is 3.26. The molecule has 2 aliphatic rings. The van der Waals surface area contributed by atoms with Gasteiger partial charge in [-0.05, 0) is 18.8 Å². The van der Waals surface area contributed by atoms with Crippen molar-refractivity contribution < 1.29 is 28.8 Å². The van der Waals surface area contributed by atoms with Gasteiger partial charge < -0.3 is 15.2 Å². The summed E-state index contributed by atoms with van der Waals surface area (Å²) < 4.78 is 0. The quantitative estimate of drug-likeness (QED) is 0.305. The minimum atomic E-state index is -0.938. The smallest absolute Gasteiger partial charge is 0.548 e. The summed E-state index contributed by atoms with van der Waals surface area (Å²) in [7, 11) is 0. The van der Waals surface area contributed by atoms with Gasteiger partial charge in [-0.2, -0.15) is 0 Å². The van der Waals surface area contributed by atoms with Crippen LogP contribution in [0, 0.1) is 5.92 Å². The van der Waals surface area contributed by atoms with Gasteiger partial charge in [-0.15, -0.1) is 0 Å². The van der Waals surface area contributed by atoms with Gasteiger partial charge in [0.1, 0.15) is 0 Å². The first kappa shape index (κ1) is 8.13. The molecule has 10 heavy (non-hydrogen) atoms. The summed E-state index contributed by atoms with van der Waals surface area (Å²) in [6.07, 6.45) is 2.39. The third-order valence-electron chi connectivity index (χ3n) is 2.01. The van der Waals surface area contributed by atoms with Crippen LogP contribution < -0.4 is 29.3 Å². The Bertz CT molecular complexity index is 158. The van der Waals surface area contributed by atoms with Crippen molar-refractivity contribution in [3.8, 4) is 0 Å². The van der Waals surface area contributed by atoms with Gasteiger partial charge in [0, 0.05) is 6.04 Å². The summed E-state index contributed by atoms with van der Waals surface area (Å²) in [5.41, 5.74) is 0. The van der Waals surface area contributed by atoms with E-state index in [0.29, 0.717) is 5.92 Å². The molecule has 0 amide bonds. The number of nitrogens with one attached hydrogen (secondary N) is 1. The molecule has 0 unspecified atom stereocenters. The molecule has 2 rings (SSSR count). The Morgan fingerprint density at radius 3 is 2.40 bits per heavy atom. The van der Waals surface area contributed by atoms with E-state index in [-0.39, 0.29) is 30.9 Å². The zero-order valence-electron chi connectivity index (χ0n) is 5.96. The average Bonchev–Trinajstić information content (AvgIpc) is 2.60. The van der Waals surface area contributed by atoms with Crippen molar-refractivity contribution in [1.82, 2.24) is 5.32 Å². The molecule has 4 heteroatoms. The molecule has 1 aliphatic heterocycles. The number of hydrogen-bond acceptors (Lipinski definition) is 3. The molecular weight excluding hydrogens is 125 g/mol. The molecular formula is C6H8LiNO2. The van der Waals surface area contributed by atoms with Crippen LogP contribution in [-0.4, -0.2) is 18.1 Å². The van der Waals surface area contributed by atoms with Gasteiger partial charge in [-0.1, -0.05) is 0 Å². The largest absolute Gasteiger partial charge is 1.00 e. The Labute approximate surface area is 71.4 Å². The van der Waals surface area contributed by atoms with Crippen molar-refractivity contribution in [1.29, 1.82) is 0 Å². The molecule has 1 saturated heterocycles. The monoisotopic (exact) mass is 133 g/mol. The van der Waals surface area contributed by atoms with Crippen LogP contribution in [0.25, 0.3) is 0 Å². The standard InChI is InChI=1S/C6H9NO2.Li/c8-6(9)5-4(7-5)3-1-2-3;/h3-5,7H,1-2H2,(H,8,9);/q;+1/p-1/t4-,5-;/m1./s1. The maximum absolute atomic E-state index is 10.1. The first-order valence-corrected chi connectivity index (χ1v) is 3.26. The second-order valence-electron chi connectivity index (χ2n) is 2.83. The third-order valence-corrected chi connectivity index (χ3v) is 2.01. The number of aliphatic carboxylic acids is 1. The summed E-state index contributed by atoms with van der Waals surface area (Å²) in [4.78, 5) is 10.1. The van der Waals surface area contributed by atoms with E-state index in [1.807, 2.05) is 0 Å². The Morgan fingerprint density at radius 1 is 1.50 bits per heavy atom. The van der Waals surface area contributed by atoms with E-state index in [1.165, 1.54) is 12.8 Å². The second kappa shape index (κ2) is 2.58. The molecule has 0 aromatic carbocycles. The summed E-state index contributed by atoms with van der Waals surface area (Å²) in [6.45, 7) is 0. The predicted octanol–water partition coefficient (Wildman–Crippen LogP) is -4.51. The number of hydrogen-bond donors (Lipinski definition) is 1. The molecule has 1 heterocycles. The number of carboxylic acid groups (broad SMARTS) is 1. The van der Waals surface area contributed by atoms with E-state index in [1.54, 1.807) is 0 Å². The SMILES string of the molecule is O=C([O-])[C@@H]1N[C@@H]1C1CC1.[Li+]. The minimum absolute atomic E-state index is 0. The fourth-order valence-corrected chi connectivity index (χ4v) is 1.23. The van der Waals surface area contributed by atoms with Crippen molar-refractivity contribution in [3.05, 3.63) is 0 Å². The van der Waals surface area contributed by atoms with Gasteiger partial charge in [0.05, 0.1) is 12.0 Å².